The minimum atomic E-state index is -0.549. The van der Waals surface area contributed by atoms with Gasteiger partial charge in [-0.2, -0.15) is 0 Å². The first-order valence-corrected chi connectivity index (χ1v) is 9.36. The molecule has 4 aromatic rings. The molecule has 29 heavy (non-hydrogen) atoms. The van der Waals surface area contributed by atoms with Crippen LogP contribution in [0.3, 0.4) is 0 Å². The van der Waals surface area contributed by atoms with Crippen molar-refractivity contribution in [1.82, 2.24) is 14.5 Å². The number of nitrogens with one attached hydrogen (secondary N) is 2. The molecule has 7 heteroatoms. The number of benzene rings is 2. The Morgan fingerprint density at radius 1 is 1.17 bits per heavy atom. The first-order valence-electron chi connectivity index (χ1n) is 9.36. The van der Waals surface area contributed by atoms with E-state index >= 15 is 0 Å². The number of rotatable bonds is 3. The van der Waals surface area contributed by atoms with Crippen molar-refractivity contribution in [3.8, 4) is 11.4 Å². The van der Waals surface area contributed by atoms with Crippen molar-refractivity contribution in [3.05, 3.63) is 72.3 Å². The Kier molecular flexibility index (Phi) is 4.01. The predicted octanol–water partition coefficient (Wildman–Crippen LogP) is 4.33. The summed E-state index contributed by atoms with van der Waals surface area (Å²) < 4.78 is 16.1. The summed E-state index contributed by atoms with van der Waals surface area (Å²) >= 11 is 0. The van der Waals surface area contributed by atoms with Crippen LogP contribution in [-0.4, -0.2) is 26.2 Å². The molecule has 0 aliphatic carbocycles. The summed E-state index contributed by atoms with van der Waals surface area (Å²) in [5.74, 6) is -0.275. The van der Waals surface area contributed by atoms with Crippen molar-refractivity contribution in [1.29, 1.82) is 0 Å². The average Bonchev–Trinajstić information content (AvgIpc) is 3.37. The minimum Gasteiger partial charge on any atom is -0.338 e. The number of hydrogen-bond acceptors (Lipinski definition) is 3. The molecule has 0 radical (unpaired) electrons. The molecule has 1 unspecified atom stereocenters. The zero-order chi connectivity index (χ0) is 20.0. The van der Waals surface area contributed by atoms with E-state index in [1.54, 1.807) is 35.0 Å². The van der Waals surface area contributed by atoms with Gasteiger partial charge in [0.1, 0.15) is 17.7 Å². The maximum atomic E-state index is 14.4. The number of aromatic amines is 1. The number of hydrogen-bond donors (Lipinski definition) is 2. The zero-order valence-electron chi connectivity index (χ0n) is 15.4. The molecule has 0 spiro atoms. The van der Waals surface area contributed by atoms with Crippen LogP contribution in [0.4, 0.5) is 10.1 Å². The van der Waals surface area contributed by atoms with Gasteiger partial charge in [-0.05, 0) is 48.9 Å². The lowest BCUT2D eigenvalue weighted by molar-refractivity contribution is -0.119. The molecule has 1 amide bonds. The van der Waals surface area contributed by atoms with Crippen LogP contribution in [0.2, 0.25) is 0 Å². The highest BCUT2D eigenvalue weighted by atomic mass is 19.1. The zero-order valence-corrected chi connectivity index (χ0v) is 15.4. The highest BCUT2D eigenvalue weighted by Crippen LogP contribution is 2.29. The first-order chi connectivity index (χ1) is 14.1. The molecule has 1 aliphatic rings. The number of H-pyrrole nitrogens is 1. The molecule has 1 aliphatic heterocycles. The van der Waals surface area contributed by atoms with Gasteiger partial charge in [-0.1, -0.05) is 12.1 Å². The van der Waals surface area contributed by atoms with Gasteiger partial charge in [0.2, 0.25) is 5.91 Å². The van der Waals surface area contributed by atoms with E-state index in [1.165, 1.54) is 6.07 Å². The van der Waals surface area contributed by atoms with E-state index in [2.05, 4.69) is 15.3 Å². The number of amides is 1. The average molecular weight is 388 g/mol. The van der Waals surface area contributed by atoms with E-state index in [-0.39, 0.29) is 17.4 Å². The van der Waals surface area contributed by atoms with Gasteiger partial charge in [-0.25, -0.2) is 9.37 Å². The number of imidazole rings is 1. The number of fused-ring (bicyclic) bond motifs is 2. The van der Waals surface area contributed by atoms with Gasteiger partial charge in [-0.3, -0.25) is 9.59 Å². The van der Waals surface area contributed by atoms with Gasteiger partial charge in [0.15, 0.2) is 5.78 Å². The van der Waals surface area contributed by atoms with E-state index in [0.29, 0.717) is 29.9 Å². The SMILES string of the molecule is O=C1CCC(C(=O)Nc2cc(-c3nc4ccccc4[nH]3)ccc2F)n2cccc21. The summed E-state index contributed by atoms with van der Waals surface area (Å²) in [5, 5.41) is 2.68. The second kappa shape index (κ2) is 6.70. The fraction of sp³-hybridized carbons (Fsp3) is 0.136. The Hall–Kier alpha value is -3.74. The maximum absolute atomic E-state index is 14.4. The summed E-state index contributed by atoms with van der Waals surface area (Å²) in [6.45, 7) is 0. The smallest absolute Gasteiger partial charge is 0.247 e. The summed E-state index contributed by atoms with van der Waals surface area (Å²) in [6, 6.07) is 15.0. The molecule has 6 nitrogen and oxygen atoms in total. The van der Waals surface area contributed by atoms with Crippen LogP contribution >= 0.6 is 0 Å². The van der Waals surface area contributed by atoms with Crippen LogP contribution in [0.1, 0.15) is 29.4 Å². The third kappa shape index (κ3) is 3.00. The second-order valence-electron chi connectivity index (χ2n) is 7.06. The molecule has 2 N–H and O–H groups in total. The lowest BCUT2D eigenvalue weighted by Gasteiger charge is -2.24. The van der Waals surface area contributed by atoms with Gasteiger partial charge in [-0.15, -0.1) is 0 Å². The number of nitrogens with zero attached hydrogens (tertiary/aromatic N) is 2. The maximum Gasteiger partial charge on any atom is 0.247 e. The van der Waals surface area contributed by atoms with Gasteiger partial charge in [0.25, 0.3) is 0 Å². The van der Waals surface area contributed by atoms with Crippen molar-refractivity contribution in [3.63, 3.8) is 0 Å². The molecule has 144 valence electrons. The van der Waals surface area contributed by atoms with Crippen molar-refractivity contribution in [2.24, 2.45) is 0 Å². The molecule has 2 aromatic carbocycles. The summed E-state index contributed by atoms with van der Waals surface area (Å²) in [5.41, 5.74) is 2.94. The standard InChI is InChI=1S/C22H17FN4O2/c23-14-8-7-13(21-24-15-4-1-2-5-16(15)25-21)12-17(14)26-22(29)19-9-10-20(28)18-6-3-11-27(18)19/h1-8,11-12,19H,9-10H2,(H,24,25)(H,26,29). The summed E-state index contributed by atoms with van der Waals surface area (Å²) in [6.07, 6.45) is 2.39. The van der Waals surface area contributed by atoms with Crippen LogP contribution in [0.25, 0.3) is 22.4 Å². The molecular weight excluding hydrogens is 371 g/mol. The van der Waals surface area contributed by atoms with E-state index in [4.69, 9.17) is 0 Å². The molecule has 0 saturated heterocycles. The van der Waals surface area contributed by atoms with E-state index < -0.39 is 11.9 Å². The Balaban J connectivity index is 1.45. The van der Waals surface area contributed by atoms with Crippen molar-refractivity contribution >= 4 is 28.4 Å². The van der Waals surface area contributed by atoms with Crippen LogP contribution in [-0.2, 0) is 4.79 Å². The molecule has 0 bridgehead atoms. The Morgan fingerprint density at radius 2 is 2.03 bits per heavy atom. The number of para-hydroxylation sites is 2. The molecule has 2 aromatic heterocycles. The van der Waals surface area contributed by atoms with Crippen molar-refractivity contribution in [2.75, 3.05) is 5.32 Å². The van der Waals surface area contributed by atoms with E-state index in [9.17, 15) is 14.0 Å². The number of carbonyl (C=O) groups excluding carboxylic acids is 2. The quantitative estimate of drug-likeness (QED) is 0.548. The number of anilines is 1. The second-order valence-corrected chi connectivity index (χ2v) is 7.06. The number of carbonyl (C=O) groups is 2. The highest BCUT2D eigenvalue weighted by molar-refractivity contribution is 6.00. The van der Waals surface area contributed by atoms with Gasteiger partial charge in [0.05, 0.1) is 22.4 Å². The van der Waals surface area contributed by atoms with E-state index in [0.717, 1.165) is 11.0 Å². The molecule has 3 heterocycles. The fourth-order valence-electron chi connectivity index (χ4n) is 3.77. The largest absolute Gasteiger partial charge is 0.338 e. The number of Topliss-reactive ketones (excluding diaryl/α,β-unsaturated/α-hetero) is 1. The van der Waals surface area contributed by atoms with Gasteiger partial charge >= 0.3 is 0 Å². The van der Waals surface area contributed by atoms with Gasteiger partial charge < -0.3 is 14.9 Å². The number of aromatic nitrogens is 3. The lowest BCUT2D eigenvalue weighted by Crippen LogP contribution is -2.31. The van der Waals surface area contributed by atoms with Crippen LogP contribution in [0, 0.1) is 5.82 Å². The third-order valence-corrected chi connectivity index (χ3v) is 5.23. The normalized spacial score (nSPS) is 16.0. The summed E-state index contributed by atoms with van der Waals surface area (Å²) in [7, 11) is 0. The number of halogens is 1. The number of ketones is 1. The first kappa shape index (κ1) is 17.4. The lowest BCUT2D eigenvalue weighted by atomic mass is 10.0. The molecule has 1 atom stereocenters. The molecule has 0 saturated carbocycles. The van der Waals surface area contributed by atoms with Crippen molar-refractivity contribution in [2.45, 2.75) is 18.9 Å². The van der Waals surface area contributed by atoms with Crippen LogP contribution in [0.5, 0.6) is 0 Å². The Labute approximate surface area is 165 Å². The molecule has 0 fully saturated rings. The minimum absolute atomic E-state index is 0.0112. The predicted molar refractivity (Wildman–Crippen MR) is 107 cm³/mol. The molecular formula is C22H17FN4O2. The monoisotopic (exact) mass is 388 g/mol. The summed E-state index contributed by atoms with van der Waals surface area (Å²) in [4.78, 5) is 32.5. The Bertz CT molecular complexity index is 1220. The fourth-order valence-corrected chi connectivity index (χ4v) is 3.77. The topological polar surface area (TPSA) is 79.8 Å². The third-order valence-electron chi connectivity index (χ3n) is 5.23. The van der Waals surface area contributed by atoms with Crippen LogP contribution in [0.15, 0.2) is 60.8 Å². The molecule has 5 rings (SSSR count). The van der Waals surface area contributed by atoms with Crippen molar-refractivity contribution < 1.29 is 14.0 Å². The highest BCUT2D eigenvalue weighted by Gasteiger charge is 2.30. The van der Waals surface area contributed by atoms with Gasteiger partial charge in [0, 0.05) is 18.2 Å². The Morgan fingerprint density at radius 3 is 2.90 bits per heavy atom. The van der Waals surface area contributed by atoms with Crippen LogP contribution < -0.4 is 5.32 Å². The van der Waals surface area contributed by atoms with E-state index in [1.807, 2.05) is 24.3 Å².